The van der Waals surface area contributed by atoms with E-state index in [1.54, 1.807) is 12.4 Å². The monoisotopic (exact) mass is 262 g/mol. The Labute approximate surface area is 112 Å². The van der Waals surface area contributed by atoms with Crippen LogP contribution in [0, 0.1) is 0 Å². The summed E-state index contributed by atoms with van der Waals surface area (Å²) in [6.45, 7) is 0.562. The standard InChI is InChI=1S/C14H18N2O3/c17-13(5-4-11-6-8-15-9-7-11)16-10-2-1-3-12(16)14(18)19/h6-9,12H,1-5,10H2,(H,18,19)/t12-/m0/s1. The van der Waals surface area contributed by atoms with Crippen molar-refractivity contribution in [3.63, 3.8) is 0 Å². The van der Waals surface area contributed by atoms with Crippen molar-refractivity contribution in [2.45, 2.75) is 38.1 Å². The molecule has 1 aliphatic rings. The van der Waals surface area contributed by atoms with Crippen LogP contribution in [0.25, 0.3) is 0 Å². The molecule has 1 saturated heterocycles. The Hall–Kier alpha value is -1.91. The first-order chi connectivity index (χ1) is 9.18. The number of hydrogen-bond donors (Lipinski definition) is 1. The molecule has 2 heterocycles. The molecule has 19 heavy (non-hydrogen) atoms. The van der Waals surface area contributed by atoms with E-state index >= 15 is 0 Å². The fraction of sp³-hybridized carbons (Fsp3) is 0.500. The van der Waals surface area contributed by atoms with Crippen LogP contribution < -0.4 is 0 Å². The van der Waals surface area contributed by atoms with E-state index in [0.717, 1.165) is 18.4 Å². The molecule has 1 fully saturated rings. The Balaban J connectivity index is 1.93. The third-order valence-corrected chi connectivity index (χ3v) is 3.49. The Bertz CT molecular complexity index is 447. The maximum absolute atomic E-state index is 12.1. The van der Waals surface area contributed by atoms with Crippen LogP contribution in [0.15, 0.2) is 24.5 Å². The predicted octanol–water partition coefficient (Wildman–Crippen LogP) is 1.48. The van der Waals surface area contributed by atoms with Crippen molar-refractivity contribution < 1.29 is 14.7 Å². The summed E-state index contributed by atoms with van der Waals surface area (Å²) in [6, 6.07) is 3.11. The number of hydrogen-bond acceptors (Lipinski definition) is 3. The van der Waals surface area contributed by atoms with Gasteiger partial charge >= 0.3 is 5.97 Å². The second kappa shape index (κ2) is 6.31. The van der Waals surface area contributed by atoms with Crippen molar-refractivity contribution >= 4 is 11.9 Å². The summed E-state index contributed by atoms with van der Waals surface area (Å²) in [5.74, 6) is -0.958. The number of nitrogens with zero attached hydrogens (tertiary/aromatic N) is 2. The molecular weight excluding hydrogens is 244 g/mol. The minimum Gasteiger partial charge on any atom is -0.480 e. The summed E-state index contributed by atoms with van der Waals surface area (Å²) in [4.78, 5) is 28.7. The smallest absolute Gasteiger partial charge is 0.326 e. The highest BCUT2D eigenvalue weighted by atomic mass is 16.4. The summed E-state index contributed by atoms with van der Waals surface area (Å²) >= 11 is 0. The molecular formula is C14H18N2O3. The first-order valence-corrected chi connectivity index (χ1v) is 6.59. The average Bonchev–Trinajstić information content (AvgIpc) is 2.46. The molecule has 2 rings (SSSR count). The van der Waals surface area contributed by atoms with Gasteiger partial charge in [-0.05, 0) is 43.4 Å². The molecule has 1 atom stereocenters. The Morgan fingerprint density at radius 3 is 2.74 bits per heavy atom. The normalized spacial score (nSPS) is 19.2. The van der Waals surface area contributed by atoms with Gasteiger partial charge in [-0.15, -0.1) is 0 Å². The van der Waals surface area contributed by atoms with E-state index < -0.39 is 12.0 Å². The topological polar surface area (TPSA) is 70.5 Å². The highest BCUT2D eigenvalue weighted by molar-refractivity contribution is 5.84. The van der Waals surface area contributed by atoms with Gasteiger partial charge in [0.15, 0.2) is 0 Å². The second-order valence-corrected chi connectivity index (χ2v) is 4.79. The maximum Gasteiger partial charge on any atom is 0.326 e. The van der Waals surface area contributed by atoms with Crippen molar-refractivity contribution in [3.8, 4) is 0 Å². The lowest BCUT2D eigenvalue weighted by molar-refractivity contribution is -0.152. The minimum atomic E-state index is -0.892. The fourth-order valence-electron chi connectivity index (χ4n) is 2.43. The lowest BCUT2D eigenvalue weighted by Crippen LogP contribution is -2.48. The van der Waals surface area contributed by atoms with Crippen LogP contribution in [-0.2, 0) is 16.0 Å². The van der Waals surface area contributed by atoms with Crippen LogP contribution in [0.3, 0.4) is 0 Å². The Morgan fingerprint density at radius 2 is 2.05 bits per heavy atom. The molecule has 0 bridgehead atoms. The largest absolute Gasteiger partial charge is 0.480 e. The van der Waals surface area contributed by atoms with Gasteiger partial charge < -0.3 is 10.0 Å². The molecule has 1 N–H and O–H groups in total. The van der Waals surface area contributed by atoms with E-state index in [4.69, 9.17) is 5.11 Å². The number of aliphatic carboxylic acids is 1. The van der Waals surface area contributed by atoms with Crippen molar-refractivity contribution in [1.82, 2.24) is 9.88 Å². The minimum absolute atomic E-state index is 0.0658. The molecule has 0 radical (unpaired) electrons. The summed E-state index contributed by atoms with van der Waals surface area (Å²) in [6.07, 6.45) is 6.71. The molecule has 102 valence electrons. The van der Waals surface area contributed by atoms with E-state index in [1.807, 2.05) is 12.1 Å². The number of amides is 1. The van der Waals surface area contributed by atoms with E-state index in [9.17, 15) is 9.59 Å². The lowest BCUT2D eigenvalue weighted by atomic mass is 10.0. The summed E-state index contributed by atoms with van der Waals surface area (Å²) in [5.41, 5.74) is 1.05. The highest BCUT2D eigenvalue weighted by Crippen LogP contribution is 2.18. The fourth-order valence-corrected chi connectivity index (χ4v) is 2.43. The molecule has 1 amide bonds. The molecule has 5 nitrogen and oxygen atoms in total. The van der Waals surface area contributed by atoms with Gasteiger partial charge in [-0.3, -0.25) is 9.78 Å². The Morgan fingerprint density at radius 1 is 1.32 bits per heavy atom. The number of carboxylic acid groups (broad SMARTS) is 1. The van der Waals surface area contributed by atoms with Crippen molar-refractivity contribution in [2.24, 2.45) is 0 Å². The summed E-state index contributed by atoms with van der Waals surface area (Å²) in [7, 11) is 0. The van der Waals surface area contributed by atoms with Crippen LogP contribution in [0.4, 0.5) is 0 Å². The number of rotatable bonds is 4. The van der Waals surface area contributed by atoms with Gasteiger partial charge in [0, 0.05) is 25.4 Å². The number of aromatic nitrogens is 1. The van der Waals surface area contributed by atoms with Crippen LogP contribution in [0.2, 0.25) is 0 Å². The van der Waals surface area contributed by atoms with Gasteiger partial charge in [0.2, 0.25) is 5.91 Å². The Kier molecular flexibility index (Phi) is 4.49. The molecule has 1 aromatic rings. The van der Waals surface area contributed by atoms with Gasteiger partial charge in [-0.1, -0.05) is 0 Å². The zero-order valence-corrected chi connectivity index (χ0v) is 10.8. The number of carbonyl (C=O) groups excluding carboxylic acids is 1. The molecule has 1 aromatic heterocycles. The van der Waals surface area contributed by atoms with Gasteiger partial charge in [0.25, 0.3) is 0 Å². The van der Waals surface area contributed by atoms with Crippen LogP contribution in [-0.4, -0.2) is 39.5 Å². The molecule has 0 unspecified atom stereocenters. The number of pyridine rings is 1. The average molecular weight is 262 g/mol. The van der Waals surface area contributed by atoms with Gasteiger partial charge in [-0.2, -0.15) is 0 Å². The first-order valence-electron chi connectivity index (χ1n) is 6.59. The zero-order valence-electron chi connectivity index (χ0n) is 10.8. The van der Waals surface area contributed by atoms with Crippen LogP contribution >= 0.6 is 0 Å². The third kappa shape index (κ3) is 3.53. The van der Waals surface area contributed by atoms with Crippen LogP contribution in [0.5, 0.6) is 0 Å². The van der Waals surface area contributed by atoms with Gasteiger partial charge in [-0.25, -0.2) is 4.79 Å². The maximum atomic E-state index is 12.1. The lowest BCUT2D eigenvalue weighted by Gasteiger charge is -2.33. The zero-order chi connectivity index (χ0) is 13.7. The first kappa shape index (κ1) is 13.5. The van der Waals surface area contributed by atoms with Crippen molar-refractivity contribution in [2.75, 3.05) is 6.54 Å². The quantitative estimate of drug-likeness (QED) is 0.892. The SMILES string of the molecule is O=C(O)[C@@H]1CCCCN1C(=O)CCc1ccncc1. The van der Waals surface area contributed by atoms with E-state index in [-0.39, 0.29) is 5.91 Å². The molecule has 0 aliphatic carbocycles. The van der Waals surface area contributed by atoms with E-state index in [0.29, 0.717) is 25.8 Å². The van der Waals surface area contributed by atoms with Gasteiger partial charge in [0.05, 0.1) is 0 Å². The summed E-state index contributed by atoms with van der Waals surface area (Å²) in [5, 5.41) is 9.14. The number of likely N-dealkylation sites (tertiary alicyclic amines) is 1. The number of piperidine rings is 1. The highest BCUT2D eigenvalue weighted by Gasteiger charge is 2.31. The molecule has 0 saturated carbocycles. The van der Waals surface area contributed by atoms with Gasteiger partial charge in [0.1, 0.15) is 6.04 Å². The van der Waals surface area contributed by atoms with E-state index in [2.05, 4.69) is 4.98 Å². The third-order valence-electron chi connectivity index (χ3n) is 3.49. The molecule has 0 aromatic carbocycles. The number of carbonyl (C=O) groups is 2. The predicted molar refractivity (Wildman–Crippen MR) is 69.5 cm³/mol. The number of aryl methyl sites for hydroxylation is 1. The van der Waals surface area contributed by atoms with Crippen molar-refractivity contribution in [1.29, 1.82) is 0 Å². The van der Waals surface area contributed by atoms with Crippen LogP contribution in [0.1, 0.15) is 31.2 Å². The molecule has 1 aliphatic heterocycles. The molecule has 0 spiro atoms. The van der Waals surface area contributed by atoms with E-state index in [1.165, 1.54) is 4.90 Å². The summed E-state index contributed by atoms with van der Waals surface area (Å²) < 4.78 is 0. The second-order valence-electron chi connectivity index (χ2n) is 4.79. The molecule has 5 heteroatoms. The van der Waals surface area contributed by atoms with Crippen molar-refractivity contribution in [3.05, 3.63) is 30.1 Å². The number of carboxylic acids is 1.